The quantitative estimate of drug-likeness (QED) is 0.802. The summed E-state index contributed by atoms with van der Waals surface area (Å²) in [5.74, 6) is -0.196. The summed E-state index contributed by atoms with van der Waals surface area (Å²) in [5, 5.41) is 0. The lowest BCUT2D eigenvalue weighted by Crippen LogP contribution is -2.25. The lowest BCUT2D eigenvalue weighted by molar-refractivity contribution is -0.140. The lowest BCUT2D eigenvalue weighted by atomic mass is 10.1. The van der Waals surface area contributed by atoms with Crippen molar-refractivity contribution >= 4 is 27.8 Å². The van der Waals surface area contributed by atoms with Crippen molar-refractivity contribution in [3.05, 3.63) is 33.8 Å². The Kier molecular flexibility index (Phi) is 4.01. The summed E-state index contributed by atoms with van der Waals surface area (Å²) >= 11 is 3.36. The number of carbonyl (C=O) groups is 2. The zero-order valence-electron chi connectivity index (χ0n) is 10.1. The molecule has 0 saturated carbocycles. The predicted octanol–water partition coefficient (Wildman–Crippen LogP) is 2.36. The molecule has 18 heavy (non-hydrogen) atoms. The van der Waals surface area contributed by atoms with Crippen LogP contribution in [0.5, 0.6) is 0 Å². The van der Waals surface area contributed by atoms with Crippen LogP contribution in [0, 0.1) is 0 Å². The number of carbonyl (C=O) groups excluding carboxylic acids is 2. The van der Waals surface area contributed by atoms with Crippen LogP contribution in [-0.4, -0.2) is 30.4 Å². The molecule has 0 N–H and O–H groups in total. The van der Waals surface area contributed by atoms with Crippen molar-refractivity contribution in [1.82, 2.24) is 4.90 Å². The van der Waals surface area contributed by atoms with Gasteiger partial charge in [-0.3, -0.25) is 9.59 Å². The van der Waals surface area contributed by atoms with Gasteiger partial charge in [-0.15, -0.1) is 0 Å². The Bertz CT molecular complexity index is 487. The third-order valence-electron chi connectivity index (χ3n) is 2.99. The van der Waals surface area contributed by atoms with E-state index in [1.165, 1.54) is 7.11 Å². The highest BCUT2D eigenvalue weighted by molar-refractivity contribution is 9.10. The minimum atomic E-state index is -0.234. The summed E-state index contributed by atoms with van der Waals surface area (Å²) in [6, 6.07) is 5.74. The van der Waals surface area contributed by atoms with Crippen LogP contribution in [0.3, 0.4) is 0 Å². The van der Waals surface area contributed by atoms with Crippen molar-refractivity contribution in [3.8, 4) is 0 Å². The van der Waals surface area contributed by atoms with Crippen molar-refractivity contribution in [1.29, 1.82) is 0 Å². The summed E-state index contributed by atoms with van der Waals surface area (Å²) in [6.07, 6.45) is 0.980. The highest BCUT2D eigenvalue weighted by Gasteiger charge is 2.26. The molecule has 0 aromatic heterocycles. The molecule has 1 aliphatic rings. The van der Waals surface area contributed by atoms with E-state index in [1.807, 2.05) is 18.2 Å². The molecular formula is C13H14BrNO3. The Morgan fingerprint density at radius 3 is 3.00 bits per heavy atom. The van der Waals surface area contributed by atoms with E-state index >= 15 is 0 Å². The smallest absolute Gasteiger partial charge is 0.305 e. The minimum Gasteiger partial charge on any atom is -0.469 e. The number of esters is 1. The molecule has 1 amide bonds. The van der Waals surface area contributed by atoms with E-state index in [1.54, 1.807) is 4.90 Å². The monoisotopic (exact) mass is 311 g/mol. The largest absolute Gasteiger partial charge is 0.469 e. The number of halogens is 1. The molecule has 1 aromatic rings. The van der Waals surface area contributed by atoms with E-state index in [-0.39, 0.29) is 11.9 Å². The highest BCUT2D eigenvalue weighted by atomic mass is 79.9. The lowest BCUT2D eigenvalue weighted by Gasteiger charge is -2.14. The van der Waals surface area contributed by atoms with Gasteiger partial charge in [-0.1, -0.05) is 22.0 Å². The summed E-state index contributed by atoms with van der Waals surface area (Å²) < 4.78 is 5.48. The third-order valence-corrected chi connectivity index (χ3v) is 3.48. The topological polar surface area (TPSA) is 46.6 Å². The van der Waals surface area contributed by atoms with Crippen LogP contribution in [-0.2, 0) is 16.1 Å². The molecule has 2 rings (SSSR count). The summed E-state index contributed by atoms with van der Waals surface area (Å²) in [6.45, 7) is 1.21. The Hall–Kier alpha value is -1.36. The summed E-state index contributed by atoms with van der Waals surface area (Å²) in [5.41, 5.74) is 1.80. The predicted molar refractivity (Wildman–Crippen MR) is 70.1 cm³/mol. The average Bonchev–Trinajstić information content (AvgIpc) is 2.66. The van der Waals surface area contributed by atoms with Gasteiger partial charge in [-0.25, -0.2) is 0 Å². The van der Waals surface area contributed by atoms with Gasteiger partial charge >= 0.3 is 5.97 Å². The summed E-state index contributed by atoms with van der Waals surface area (Å²) in [7, 11) is 1.37. The molecule has 0 radical (unpaired) electrons. The van der Waals surface area contributed by atoms with Gasteiger partial charge in [0.25, 0.3) is 5.91 Å². The van der Waals surface area contributed by atoms with E-state index in [4.69, 9.17) is 0 Å². The van der Waals surface area contributed by atoms with E-state index in [9.17, 15) is 9.59 Å². The average molecular weight is 312 g/mol. The number of ether oxygens (including phenoxy) is 1. The Morgan fingerprint density at radius 1 is 1.50 bits per heavy atom. The maximum atomic E-state index is 12.1. The molecule has 0 spiro atoms. The van der Waals surface area contributed by atoms with Crippen LogP contribution in [0.1, 0.15) is 28.8 Å². The van der Waals surface area contributed by atoms with Crippen LogP contribution in [0.15, 0.2) is 22.7 Å². The van der Waals surface area contributed by atoms with Crippen LogP contribution in [0.25, 0.3) is 0 Å². The third kappa shape index (κ3) is 2.72. The summed E-state index contributed by atoms with van der Waals surface area (Å²) in [4.78, 5) is 24.8. The number of benzene rings is 1. The molecule has 0 unspecified atom stereocenters. The first-order valence-corrected chi connectivity index (χ1v) is 6.55. The fourth-order valence-corrected chi connectivity index (χ4v) is 2.39. The molecule has 0 bridgehead atoms. The molecule has 1 aromatic carbocycles. The highest BCUT2D eigenvalue weighted by Crippen LogP contribution is 2.26. The number of hydrogen-bond acceptors (Lipinski definition) is 3. The van der Waals surface area contributed by atoms with E-state index < -0.39 is 0 Å². The fraction of sp³-hybridized carbons (Fsp3) is 0.385. The number of nitrogens with zero attached hydrogens (tertiary/aromatic N) is 1. The van der Waals surface area contributed by atoms with Gasteiger partial charge in [-0.2, -0.15) is 0 Å². The maximum absolute atomic E-state index is 12.1. The first-order chi connectivity index (χ1) is 8.61. The Balaban J connectivity index is 1.95. The standard InChI is InChI=1S/C13H14BrNO3/c1-18-12(16)3-2-6-15-8-9-4-5-10(14)7-11(9)13(15)17/h4-5,7H,2-3,6,8H2,1H3. The second-order valence-electron chi connectivity index (χ2n) is 4.21. The number of amides is 1. The SMILES string of the molecule is COC(=O)CCCN1Cc2ccc(Br)cc2C1=O. The Labute approximate surface area is 114 Å². The molecule has 1 heterocycles. The second-order valence-corrected chi connectivity index (χ2v) is 5.12. The molecule has 0 atom stereocenters. The van der Waals surface area contributed by atoms with Gasteiger partial charge in [0.2, 0.25) is 0 Å². The first-order valence-electron chi connectivity index (χ1n) is 5.76. The number of rotatable bonds is 4. The van der Waals surface area contributed by atoms with Gasteiger partial charge in [0.1, 0.15) is 0 Å². The van der Waals surface area contributed by atoms with Crippen LogP contribution < -0.4 is 0 Å². The zero-order chi connectivity index (χ0) is 13.1. The van der Waals surface area contributed by atoms with Crippen LogP contribution in [0.4, 0.5) is 0 Å². The van der Waals surface area contributed by atoms with Crippen LogP contribution in [0.2, 0.25) is 0 Å². The van der Waals surface area contributed by atoms with E-state index in [2.05, 4.69) is 20.7 Å². The van der Waals surface area contributed by atoms with Crippen LogP contribution >= 0.6 is 15.9 Å². The Morgan fingerprint density at radius 2 is 2.28 bits per heavy atom. The van der Waals surface area contributed by atoms with Gasteiger partial charge in [0.15, 0.2) is 0 Å². The van der Waals surface area contributed by atoms with Crippen molar-refractivity contribution in [2.75, 3.05) is 13.7 Å². The first kappa shape index (κ1) is 13.1. The molecule has 4 nitrogen and oxygen atoms in total. The van der Waals surface area contributed by atoms with Crippen molar-refractivity contribution in [2.24, 2.45) is 0 Å². The molecule has 1 aliphatic heterocycles. The van der Waals surface area contributed by atoms with E-state index in [0.29, 0.717) is 25.9 Å². The molecular weight excluding hydrogens is 298 g/mol. The molecule has 5 heteroatoms. The minimum absolute atomic E-state index is 0.0381. The van der Waals surface area contributed by atoms with Gasteiger partial charge in [0.05, 0.1) is 7.11 Å². The number of methoxy groups -OCH3 is 1. The molecule has 0 fully saturated rings. The molecule has 0 aliphatic carbocycles. The van der Waals surface area contributed by atoms with Gasteiger partial charge in [-0.05, 0) is 24.1 Å². The van der Waals surface area contributed by atoms with Gasteiger partial charge < -0.3 is 9.64 Å². The molecule has 96 valence electrons. The number of fused-ring (bicyclic) bond motifs is 1. The maximum Gasteiger partial charge on any atom is 0.305 e. The van der Waals surface area contributed by atoms with Crippen molar-refractivity contribution < 1.29 is 14.3 Å². The zero-order valence-corrected chi connectivity index (χ0v) is 11.7. The van der Waals surface area contributed by atoms with Gasteiger partial charge in [0, 0.05) is 29.5 Å². The fourth-order valence-electron chi connectivity index (χ4n) is 2.03. The second kappa shape index (κ2) is 5.52. The van der Waals surface area contributed by atoms with Crippen molar-refractivity contribution in [3.63, 3.8) is 0 Å². The molecule has 0 saturated heterocycles. The normalized spacial score (nSPS) is 13.7. The van der Waals surface area contributed by atoms with Crippen molar-refractivity contribution in [2.45, 2.75) is 19.4 Å². The van der Waals surface area contributed by atoms with E-state index in [0.717, 1.165) is 15.6 Å². The number of hydrogen-bond donors (Lipinski definition) is 0.